The second-order valence-electron chi connectivity index (χ2n) is 4.46. The van der Waals surface area contributed by atoms with Crippen molar-refractivity contribution in [3.05, 3.63) is 53.1 Å². The lowest BCUT2D eigenvalue weighted by atomic mass is 9.88. The average Bonchev–Trinajstić information content (AvgIpc) is 2.39. The number of ether oxygens (including phenoxy) is 1. The minimum atomic E-state index is -0.356. The monoisotopic (exact) mass is 261 g/mol. The van der Waals surface area contributed by atoms with Crippen LogP contribution in [0.5, 0.6) is 0 Å². The van der Waals surface area contributed by atoms with E-state index < -0.39 is 0 Å². The molecule has 1 unspecified atom stereocenters. The number of carbonyl (C=O) groups excluding carboxylic acids is 1. The Morgan fingerprint density at radius 2 is 2.37 bits per heavy atom. The summed E-state index contributed by atoms with van der Waals surface area (Å²) in [6.45, 7) is 3.98. The summed E-state index contributed by atoms with van der Waals surface area (Å²) >= 11 is 0. The molecule has 0 aromatic carbocycles. The van der Waals surface area contributed by atoms with Gasteiger partial charge in [0, 0.05) is 17.8 Å². The first-order valence-corrected chi connectivity index (χ1v) is 6.28. The van der Waals surface area contributed by atoms with E-state index in [4.69, 9.17) is 4.74 Å². The van der Waals surface area contributed by atoms with Gasteiger partial charge in [0.2, 0.25) is 0 Å². The van der Waals surface area contributed by atoms with E-state index in [1.807, 2.05) is 6.92 Å². The molecule has 0 saturated carbocycles. The van der Waals surface area contributed by atoms with Gasteiger partial charge in [-0.15, -0.1) is 0 Å². The zero-order chi connectivity index (χ0) is 13.8. The van der Waals surface area contributed by atoms with E-state index >= 15 is 0 Å². The van der Waals surface area contributed by atoms with Crippen molar-refractivity contribution in [3.63, 3.8) is 0 Å². The molecule has 0 aliphatic heterocycles. The van der Waals surface area contributed by atoms with Gasteiger partial charge in [0.15, 0.2) is 0 Å². The first-order chi connectivity index (χ1) is 9.11. The van der Waals surface area contributed by atoms with Crippen molar-refractivity contribution in [2.75, 3.05) is 6.61 Å². The molecule has 4 heteroatoms. The largest absolute Gasteiger partial charge is 0.462 e. The predicted octanol–water partition coefficient (Wildman–Crippen LogP) is 3.55. The van der Waals surface area contributed by atoms with E-state index in [-0.39, 0.29) is 17.7 Å². The lowest BCUT2D eigenvalue weighted by Gasteiger charge is -2.19. The molecule has 100 valence electrons. The standard InChI is InChI=1S/C15H16FNO2/c1-3-19-15(18)11-6-7-17-14(9-11)13-5-4-12(16)8-10(13)2/h4,6-9,13H,3,5H2,1-2H3. The van der Waals surface area contributed by atoms with E-state index in [1.54, 1.807) is 25.3 Å². The molecular formula is C15H16FNO2. The third kappa shape index (κ3) is 3.08. The summed E-state index contributed by atoms with van der Waals surface area (Å²) in [5.41, 5.74) is 2.16. The fraction of sp³-hybridized carbons (Fsp3) is 0.333. The Balaban J connectivity index is 2.25. The molecule has 19 heavy (non-hydrogen) atoms. The molecular weight excluding hydrogens is 245 g/mol. The number of carbonyl (C=O) groups is 1. The number of hydrogen-bond acceptors (Lipinski definition) is 3. The molecule has 0 spiro atoms. The Bertz CT molecular complexity index is 549. The van der Waals surface area contributed by atoms with E-state index in [0.29, 0.717) is 18.6 Å². The highest BCUT2D eigenvalue weighted by molar-refractivity contribution is 5.89. The Morgan fingerprint density at radius 1 is 1.58 bits per heavy atom. The molecule has 1 aromatic rings. The smallest absolute Gasteiger partial charge is 0.338 e. The number of hydrogen-bond donors (Lipinski definition) is 0. The van der Waals surface area contributed by atoms with Gasteiger partial charge in [0.05, 0.1) is 12.2 Å². The number of nitrogens with zero attached hydrogens (tertiary/aromatic N) is 1. The Labute approximate surface area is 111 Å². The van der Waals surface area contributed by atoms with Crippen LogP contribution in [0.3, 0.4) is 0 Å². The lowest BCUT2D eigenvalue weighted by Crippen LogP contribution is -2.09. The second-order valence-corrected chi connectivity index (χ2v) is 4.46. The second kappa shape index (κ2) is 5.78. The molecule has 0 radical (unpaired) electrons. The van der Waals surface area contributed by atoms with Crippen molar-refractivity contribution in [3.8, 4) is 0 Å². The Morgan fingerprint density at radius 3 is 3.05 bits per heavy atom. The van der Waals surface area contributed by atoms with Crippen molar-refractivity contribution in [2.45, 2.75) is 26.2 Å². The van der Waals surface area contributed by atoms with E-state index in [1.165, 1.54) is 12.2 Å². The van der Waals surface area contributed by atoms with Crippen LogP contribution in [0.15, 0.2) is 41.9 Å². The molecule has 2 rings (SSSR count). The highest BCUT2D eigenvalue weighted by atomic mass is 19.1. The van der Waals surface area contributed by atoms with Crippen molar-refractivity contribution in [2.24, 2.45) is 0 Å². The number of rotatable bonds is 3. The summed E-state index contributed by atoms with van der Waals surface area (Å²) in [6, 6.07) is 3.34. The minimum Gasteiger partial charge on any atom is -0.462 e. The highest BCUT2D eigenvalue weighted by Gasteiger charge is 2.19. The molecule has 0 saturated heterocycles. The fourth-order valence-corrected chi connectivity index (χ4v) is 2.13. The third-order valence-electron chi connectivity index (χ3n) is 3.11. The summed E-state index contributed by atoms with van der Waals surface area (Å²) < 4.78 is 18.1. The van der Waals surface area contributed by atoms with Gasteiger partial charge in [0.25, 0.3) is 0 Å². The van der Waals surface area contributed by atoms with E-state index in [9.17, 15) is 9.18 Å². The molecule has 0 amide bonds. The maximum absolute atomic E-state index is 13.1. The summed E-state index contributed by atoms with van der Waals surface area (Å²) in [5.74, 6) is -0.547. The number of halogens is 1. The van der Waals surface area contributed by atoms with Crippen LogP contribution < -0.4 is 0 Å². The maximum Gasteiger partial charge on any atom is 0.338 e. The van der Waals surface area contributed by atoms with Gasteiger partial charge in [-0.25, -0.2) is 9.18 Å². The van der Waals surface area contributed by atoms with E-state index in [0.717, 1.165) is 11.3 Å². The van der Waals surface area contributed by atoms with Crippen molar-refractivity contribution in [1.82, 2.24) is 4.98 Å². The van der Waals surface area contributed by atoms with Gasteiger partial charge < -0.3 is 4.74 Å². The molecule has 0 N–H and O–H groups in total. The number of allylic oxidation sites excluding steroid dienone is 4. The third-order valence-corrected chi connectivity index (χ3v) is 3.11. The predicted molar refractivity (Wildman–Crippen MR) is 70.5 cm³/mol. The molecule has 1 atom stereocenters. The Hall–Kier alpha value is -1.97. The average molecular weight is 261 g/mol. The topological polar surface area (TPSA) is 39.2 Å². The quantitative estimate of drug-likeness (QED) is 0.781. The maximum atomic E-state index is 13.1. The van der Waals surface area contributed by atoms with Gasteiger partial charge in [-0.1, -0.05) is 5.57 Å². The van der Waals surface area contributed by atoms with Gasteiger partial charge in [0.1, 0.15) is 5.83 Å². The van der Waals surface area contributed by atoms with Crippen molar-refractivity contribution < 1.29 is 13.9 Å². The SMILES string of the molecule is CCOC(=O)c1ccnc(C2CC=C(F)C=C2C)c1. The molecule has 3 nitrogen and oxygen atoms in total. The number of esters is 1. The van der Waals surface area contributed by atoms with Gasteiger partial charge in [-0.3, -0.25) is 4.98 Å². The fourth-order valence-electron chi connectivity index (χ4n) is 2.13. The van der Waals surface area contributed by atoms with Gasteiger partial charge in [-0.05, 0) is 44.6 Å². The van der Waals surface area contributed by atoms with Crippen LogP contribution in [-0.2, 0) is 4.74 Å². The van der Waals surface area contributed by atoms with Gasteiger partial charge in [-0.2, -0.15) is 0 Å². The number of aromatic nitrogens is 1. The van der Waals surface area contributed by atoms with Crippen molar-refractivity contribution in [1.29, 1.82) is 0 Å². The first kappa shape index (κ1) is 13.5. The van der Waals surface area contributed by atoms with Gasteiger partial charge >= 0.3 is 5.97 Å². The van der Waals surface area contributed by atoms with Crippen LogP contribution in [0.25, 0.3) is 0 Å². The molecule has 1 aliphatic carbocycles. The molecule has 1 aliphatic rings. The van der Waals surface area contributed by atoms with E-state index in [2.05, 4.69) is 4.98 Å². The number of pyridine rings is 1. The summed E-state index contributed by atoms with van der Waals surface area (Å²) in [6.07, 6.45) is 5.19. The Kier molecular flexibility index (Phi) is 4.10. The summed E-state index contributed by atoms with van der Waals surface area (Å²) in [5, 5.41) is 0. The molecule has 1 heterocycles. The van der Waals surface area contributed by atoms with Crippen LogP contribution in [0, 0.1) is 0 Å². The lowest BCUT2D eigenvalue weighted by molar-refractivity contribution is 0.0526. The molecule has 0 fully saturated rings. The zero-order valence-electron chi connectivity index (χ0n) is 11.0. The normalized spacial score (nSPS) is 18.6. The van der Waals surface area contributed by atoms with Crippen LogP contribution >= 0.6 is 0 Å². The van der Waals surface area contributed by atoms with Crippen LogP contribution in [0.1, 0.15) is 42.2 Å². The van der Waals surface area contributed by atoms with Crippen LogP contribution in [0.2, 0.25) is 0 Å². The van der Waals surface area contributed by atoms with Crippen LogP contribution in [0.4, 0.5) is 4.39 Å². The minimum absolute atomic E-state index is 0.0221. The summed E-state index contributed by atoms with van der Waals surface area (Å²) in [4.78, 5) is 16.0. The molecule has 1 aromatic heterocycles. The van der Waals surface area contributed by atoms with Crippen molar-refractivity contribution >= 4 is 5.97 Å². The highest BCUT2D eigenvalue weighted by Crippen LogP contribution is 2.32. The van der Waals surface area contributed by atoms with Crippen LogP contribution in [-0.4, -0.2) is 17.6 Å². The zero-order valence-corrected chi connectivity index (χ0v) is 11.0. The first-order valence-electron chi connectivity index (χ1n) is 6.28. The summed E-state index contributed by atoms with van der Waals surface area (Å²) in [7, 11) is 0. The molecule has 0 bridgehead atoms.